The van der Waals surface area contributed by atoms with E-state index in [9.17, 15) is 34.6 Å². The number of carbonyl (C=O) groups excluding carboxylic acids is 1. The average Bonchev–Trinajstić information content (AvgIpc) is 2.82. The maximum atomic E-state index is 12.6. The van der Waals surface area contributed by atoms with Gasteiger partial charge in [0.05, 0.1) is 5.92 Å². The summed E-state index contributed by atoms with van der Waals surface area (Å²) in [5, 5.41) is 50.7. The lowest BCUT2D eigenvalue weighted by Crippen LogP contribution is -2.38. The second-order valence-corrected chi connectivity index (χ2v) is 8.82. The van der Waals surface area contributed by atoms with Crippen molar-refractivity contribution in [3.8, 4) is 5.75 Å². The summed E-state index contributed by atoms with van der Waals surface area (Å²) in [7, 11) is -1.80. The number of rotatable bonds is 10. The molecular formula is C24H29BN2O8. The van der Waals surface area contributed by atoms with E-state index in [0.29, 0.717) is 25.1 Å². The first-order valence-electron chi connectivity index (χ1n) is 11.4. The zero-order valence-electron chi connectivity index (χ0n) is 19.1. The Morgan fingerprint density at radius 2 is 1.80 bits per heavy atom. The van der Waals surface area contributed by atoms with E-state index in [1.165, 1.54) is 18.2 Å². The number of carboxylic acid groups (broad SMARTS) is 2. The van der Waals surface area contributed by atoms with Gasteiger partial charge >= 0.3 is 19.1 Å². The summed E-state index contributed by atoms with van der Waals surface area (Å²) < 4.78 is 0. The smallest absolute Gasteiger partial charge is 0.456 e. The minimum atomic E-state index is -1.80. The summed E-state index contributed by atoms with van der Waals surface area (Å²) in [5.74, 6) is -4.20. The van der Waals surface area contributed by atoms with Crippen molar-refractivity contribution in [2.45, 2.75) is 31.6 Å². The molecule has 35 heavy (non-hydrogen) atoms. The molecule has 6 N–H and O–H groups in total. The van der Waals surface area contributed by atoms with Gasteiger partial charge in [0.2, 0.25) is 0 Å². The number of amides is 1. The molecule has 1 saturated heterocycles. The van der Waals surface area contributed by atoms with E-state index in [1.54, 1.807) is 24.3 Å². The van der Waals surface area contributed by atoms with Crippen LogP contribution in [-0.4, -0.2) is 74.9 Å². The Bertz CT molecular complexity index is 1060. The third kappa shape index (κ3) is 7.04. The van der Waals surface area contributed by atoms with Crippen LogP contribution in [0.15, 0.2) is 42.5 Å². The van der Waals surface area contributed by atoms with Crippen LogP contribution < -0.4 is 5.32 Å². The topological polar surface area (TPSA) is 168 Å². The molecule has 10 nitrogen and oxygen atoms in total. The minimum absolute atomic E-state index is 0.0585. The highest BCUT2D eigenvalue weighted by Gasteiger charge is 2.27. The molecule has 1 aliphatic heterocycles. The molecule has 0 spiro atoms. The summed E-state index contributed by atoms with van der Waals surface area (Å²) in [6, 6.07) is 11.1. The van der Waals surface area contributed by atoms with Crippen molar-refractivity contribution in [1.29, 1.82) is 0 Å². The molecule has 0 aliphatic carbocycles. The highest BCUT2D eigenvalue weighted by atomic mass is 16.4. The van der Waals surface area contributed by atoms with E-state index in [0.717, 1.165) is 18.5 Å². The first-order valence-corrected chi connectivity index (χ1v) is 11.4. The molecule has 11 heteroatoms. The normalized spacial score (nSPS) is 16.9. The monoisotopic (exact) mass is 484 g/mol. The van der Waals surface area contributed by atoms with Crippen LogP contribution in [0, 0.1) is 5.92 Å². The van der Waals surface area contributed by atoms with Gasteiger partial charge in [0.1, 0.15) is 11.3 Å². The van der Waals surface area contributed by atoms with Crippen molar-refractivity contribution in [3.63, 3.8) is 0 Å². The van der Waals surface area contributed by atoms with Gasteiger partial charge < -0.3 is 30.7 Å². The number of aromatic hydroxyl groups is 1. The highest BCUT2D eigenvalue weighted by molar-refractivity contribution is 6.43. The number of nitrogens with zero attached hydrogens (tertiary/aromatic N) is 1. The summed E-state index contributed by atoms with van der Waals surface area (Å²) in [6.07, 6.45) is 1.45. The SMILES string of the molecule is O=C(NC[C@@H](Cc1cccc(C(=O)O)c1O)B(O)O)c1ccc(CN2CCCC(C(=O)O)C2)cc1. The number of benzene rings is 2. The number of hydrogen-bond donors (Lipinski definition) is 6. The first-order chi connectivity index (χ1) is 16.7. The van der Waals surface area contributed by atoms with E-state index in [4.69, 9.17) is 5.11 Å². The van der Waals surface area contributed by atoms with Crippen molar-refractivity contribution in [2.24, 2.45) is 5.92 Å². The quantitative estimate of drug-likeness (QED) is 0.272. The summed E-state index contributed by atoms with van der Waals surface area (Å²) in [4.78, 5) is 37.1. The number of carbonyl (C=O) groups is 3. The predicted molar refractivity (Wildman–Crippen MR) is 127 cm³/mol. The van der Waals surface area contributed by atoms with Crippen molar-refractivity contribution in [2.75, 3.05) is 19.6 Å². The van der Waals surface area contributed by atoms with Crippen LogP contribution in [0.5, 0.6) is 5.75 Å². The van der Waals surface area contributed by atoms with Gasteiger partial charge in [-0.25, -0.2) is 4.79 Å². The number of hydrogen-bond acceptors (Lipinski definition) is 7. The van der Waals surface area contributed by atoms with Crippen molar-refractivity contribution >= 4 is 25.0 Å². The fourth-order valence-electron chi connectivity index (χ4n) is 4.24. The van der Waals surface area contributed by atoms with Crippen LogP contribution >= 0.6 is 0 Å². The van der Waals surface area contributed by atoms with Crippen LogP contribution in [0.3, 0.4) is 0 Å². The van der Waals surface area contributed by atoms with Crippen LogP contribution in [-0.2, 0) is 17.8 Å². The Balaban J connectivity index is 1.57. The third-order valence-electron chi connectivity index (χ3n) is 6.26. The summed E-state index contributed by atoms with van der Waals surface area (Å²) in [6.45, 7) is 1.79. The number of phenols is 1. The van der Waals surface area contributed by atoms with Gasteiger partial charge in [0, 0.05) is 31.0 Å². The van der Waals surface area contributed by atoms with Crippen LogP contribution in [0.1, 0.15) is 44.7 Å². The number of para-hydroxylation sites is 1. The first kappa shape index (κ1) is 26.2. The highest BCUT2D eigenvalue weighted by Crippen LogP contribution is 2.27. The van der Waals surface area contributed by atoms with Crippen molar-refractivity contribution in [3.05, 3.63) is 64.7 Å². The van der Waals surface area contributed by atoms with E-state index < -0.39 is 36.5 Å². The molecule has 2 aromatic carbocycles. The molecule has 1 aliphatic rings. The number of aromatic carboxylic acids is 1. The van der Waals surface area contributed by atoms with Gasteiger partial charge in [-0.15, -0.1) is 0 Å². The Morgan fingerprint density at radius 1 is 1.09 bits per heavy atom. The lowest BCUT2D eigenvalue weighted by atomic mass is 9.69. The second kappa shape index (κ2) is 11.8. The van der Waals surface area contributed by atoms with Crippen LogP contribution in [0.2, 0.25) is 5.82 Å². The standard InChI is InChI=1S/C24H29BN2O8/c28-21-17(3-1-5-20(21)24(32)33)11-19(25(34)35)12-26-22(29)16-8-6-15(7-9-16)13-27-10-2-4-18(14-27)23(30)31/h1,3,5-9,18-19,28,34-35H,2,4,10-14H2,(H,26,29)(H,30,31)(H,32,33)/t18?,19-/m1/s1. The zero-order chi connectivity index (χ0) is 25.5. The predicted octanol–water partition coefficient (Wildman–Crippen LogP) is 1.20. The average molecular weight is 484 g/mol. The van der Waals surface area contributed by atoms with E-state index in [1.807, 2.05) is 0 Å². The largest absolute Gasteiger partial charge is 0.507 e. The van der Waals surface area contributed by atoms with Crippen LogP contribution in [0.4, 0.5) is 0 Å². The van der Waals surface area contributed by atoms with Crippen molar-refractivity contribution in [1.82, 2.24) is 10.2 Å². The fourth-order valence-corrected chi connectivity index (χ4v) is 4.24. The Labute approximate surface area is 203 Å². The van der Waals surface area contributed by atoms with E-state index >= 15 is 0 Å². The van der Waals surface area contributed by atoms with Gasteiger partial charge in [-0.05, 0) is 55.1 Å². The number of likely N-dealkylation sites (tertiary alicyclic amines) is 1. The van der Waals surface area contributed by atoms with Gasteiger partial charge in [-0.3, -0.25) is 14.5 Å². The molecule has 0 bridgehead atoms. The summed E-state index contributed by atoms with van der Waals surface area (Å²) >= 11 is 0. The van der Waals surface area contributed by atoms with Gasteiger partial charge in [-0.2, -0.15) is 0 Å². The van der Waals surface area contributed by atoms with Crippen LogP contribution in [0.25, 0.3) is 0 Å². The molecule has 0 radical (unpaired) electrons. The Kier molecular flexibility index (Phi) is 8.86. The molecule has 2 aromatic rings. The lowest BCUT2D eigenvalue weighted by Gasteiger charge is -2.30. The Morgan fingerprint density at radius 3 is 2.43 bits per heavy atom. The lowest BCUT2D eigenvalue weighted by molar-refractivity contribution is -0.143. The molecule has 186 valence electrons. The minimum Gasteiger partial charge on any atom is -0.507 e. The third-order valence-corrected chi connectivity index (χ3v) is 6.26. The number of piperidine rings is 1. The number of carboxylic acids is 2. The molecule has 1 heterocycles. The van der Waals surface area contributed by atoms with E-state index in [2.05, 4.69) is 10.2 Å². The maximum absolute atomic E-state index is 12.6. The van der Waals surface area contributed by atoms with Crippen molar-refractivity contribution < 1.29 is 39.8 Å². The molecular weight excluding hydrogens is 455 g/mol. The molecule has 3 rings (SSSR count). The van der Waals surface area contributed by atoms with Gasteiger partial charge in [0.25, 0.3) is 5.91 Å². The molecule has 1 amide bonds. The molecule has 0 saturated carbocycles. The second-order valence-electron chi connectivity index (χ2n) is 8.82. The fraction of sp³-hybridized carbons (Fsp3) is 0.375. The zero-order valence-corrected chi connectivity index (χ0v) is 19.1. The maximum Gasteiger partial charge on any atom is 0.456 e. The molecule has 2 atom stereocenters. The number of nitrogens with one attached hydrogen (secondary N) is 1. The van der Waals surface area contributed by atoms with E-state index in [-0.39, 0.29) is 30.0 Å². The molecule has 0 aromatic heterocycles. The summed E-state index contributed by atoms with van der Waals surface area (Å²) in [5.41, 5.74) is 1.26. The van der Waals surface area contributed by atoms with Gasteiger partial charge in [-0.1, -0.05) is 24.3 Å². The van der Waals surface area contributed by atoms with Gasteiger partial charge in [0.15, 0.2) is 0 Å². The Hall–Kier alpha value is -3.41. The molecule has 1 unspecified atom stereocenters. The number of aliphatic carboxylic acids is 1. The molecule has 1 fully saturated rings.